The lowest BCUT2D eigenvalue weighted by atomic mass is 9.94. The maximum absolute atomic E-state index is 13.5. The van der Waals surface area contributed by atoms with Gasteiger partial charge in [0.05, 0.1) is 16.7 Å². The molecule has 2 saturated heterocycles. The van der Waals surface area contributed by atoms with Crippen LogP contribution in [0.25, 0.3) is 11.0 Å². The molecule has 0 spiro atoms. The second kappa shape index (κ2) is 10.2. The number of carbonyl (C=O) groups is 1. The Kier molecular flexibility index (Phi) is 7.67. The first-order chi connectivity index (χ1) is 17.2. The number of benzene rings is 1. The van der Waals surface area contributed by atoms with Gasteiger partial charge in [-0.05, 0) is 43.4 Å². The van der Waals surface area contributed by atoms with Crippen LogP contribution in [-0.2, 0) is 31.7 Å². The normalized spacial score (nSPS) is 20.5. The zero-order valence-corrected chi connectivity index (χ0v) is 24.2. The van der Waals surface area contributed by atoms with Crippen LogP contribution in [0.1, 0.15) is 66.6 Å². The lowest BCUT2D eigenvalue weighted by Crippen LogP contribution is -2.45. The average Bonchev–Trinajstić information content (AvgIpc) is 3.43. The molecule has 2 fully saturated rings. The summed E-state index contributed by atoms with van der Waals surface area (Å²) in [7, 11) is -2.17. The Balaban J connectivity index is 1.56. The highest BCUT2D eigenvalue weighted by Crippen LogP contribution is 2.32. The van der Waals surface area contributed by atoms with E-state index in [1.807, 2.05) is 39.0 Å². The molecule has 1 atom stereocenters. The number of ether oxygens (including phenoxy) is 1. The van der Waals surface area contributed by atoms with Crippen LogP contribution in [0.3, 0.4) is 0 Å². The molecule has 1 amide bonds. The van der Waals surface area contributed by atoms with Crippen molar-refractivity contribution in [2.75, 3.05) is 37.7 Å². The second-order valence-corrected chi connectivity index (χ2v) is 14.5. The quantitative estimate of drug-likeness (QED) is 0.611. The minimum Gasteiger partial charge on any atom is -0.381 e. The minimum absolute atomic E-state index is 0.0680. The van der Waals surface area contributed by atoms with E-state index in [9.17, 15) is 13.2 Å². The number of carbonyl (C=O) groups excluding carboxylic acids is 1. The Labute approximate surface area is 221 Å². The van der Waals surface area contributed by atoms with Crippen LogP contribution in [0.5, 0.6) is 0 Å². The third-order valence-corrected chi connectivity index (χ3v) is 9.27. The molecule has 0 radical (unpaired) electrons. The van der Waals surface area contributed by atoms with E-state index in [-0.39, 0.29) is 23.9 Å². The number of imidazole rings is 1. The predicted molar refractivity (Wildman–Crippen MR) is 147 cm³/mol. The maximum Gasteiger partial charge on any atom is 0.303 e. The van der Waals surface area contributed by atoms with Gasteiger partial charge in [0.15, 0.2) is 0 Å². The maximum atomic E-state index is 13.5. The number of amides is 1. The Hall–Kier alpha value is -2.17. The molecule has 2 aliphatic heterocycles. The standard InChI is InChI=1S/C27H43N5O4S/c1-26(2,3)24-29-22-16-21(8-9-23(22)32(24)17-19-11-14-36-15-12-19)30(7)37(34,35)31-13-10-20(18-31)28-25(33)27(4,5)6/h8-9,16,19-20H,10-15,17-18H2,1-7H3,(H,28,33). The summed E-state index contributed by atoms with van der Waals surface area (Å²) >= 11 is 0. The molecule has 10 heteroatoms. The first-order valence-electron chi connectivity index (χ1n) is 13.3. The SMILES string of the molecule is CN(c1ccc2c(c1)nc(C(C)(C)C)n2CC1CCOCC1)S(=O)(=O)N1CCC(NC(=O)C(C)(C)C)C1. The van der Waals surface area contributed by atoms with Gasteiger partial charge in [-0.15, -0.1) is 0 Å². The molecule has 1 N–H and O–H groups in total. The number of rotatable bonds is 6. The summed E-state index contributed by atoms with van der Waals surface area (Å²) in [5, 5.41) is 3.00. The molecule has 4 rings (SSSR count). The van der Waals surface area contributed by atoms with Crippen LogP contribution in [0.15, 0.2) is 18.2 Å². The number of nitrogens with zero attached hydrogens (tertiary/aromatic N) is 4. The summed E-state index contributed by atoms with van der Waals surface area (Å²) in [5.41, 5.74) is 1.74. The molecule has 37 heavy (non-hydrogen) atoms. The Morgan fingerprint density at radius 3 is 2.43 bits per heavy atom. The van der Waals surface area contributed by atoms with Gasteiger partial charge in [0, 0.05) is 56.8 Å². The second-order valence-electron chi connectivity index (χ2n) is 12.6. The van der Waals surface area contributed by atoms with Crippen molar-refractivity contribution in [1.29, 1.82) is 0 Å². The third-order valence-electron chi connectivity index (χ3n) is 7.39. The molecule has 0 aliphatic carbocycles. The van der Waals surface area contributed by atoms with E-state index in [1.54, 1.807) is 7.05 Å². The van der Waals surface area contributed by atoms with Crippen LogP contribution in [0.4, 0.5) is 5.69 Å². The number of nitrogens with one attached hydrogen (secondary N) is 1. The molecule has 1 aromatic heterocycles. The molecule has 3 heterocycles. The molecule has 0 saturated carbocycles. The number of hydrogen-bond acceptors (Lipinski definition) is 5. The Morgan fingerprint density at radius 1 is 1.14 bits per heavy atom. The zero-order valence-electron chi connectivity index (χ0n) is 23.4. The van der Waals surface area contributed by atoms with E-state index in [0.717, 1.165) is 49.5 Å². The predicted octanol–water partition coefficient (Wildman–Crippen LogP) is 3.68. The molecular weight excluding hydrogens is 490 g/mol. The molecule has 2 aromatic rings. The fourth-order valence-corrected chi connectivity index (χ4v) is 6.45. The molecular formula is C27H43N5O4S. The van der Waals surface area contributed by atoms with Crippen molar-refractivity contribution >= 4 is 32.8 Å². The fraction of sp³-hybridized carbons (Fsp3) is 0.704. The highest BCUT2D eigenvalue weighted by molar-refractivity contribution is 7.90. The van der Waals surface area contributed by atoms with Crippen LogP contribution in [-0.4, -0.2) is 67.6 Å². The molecule has 1 unspecified atom stereocenters. The Bertz CT molecular complexity index is 1240. The van der Waals surface area contributed by atoms with Crippen molar-refractivity contribution in [2.24, 2.45) is 11.3 Å². The molecule has 9 nitrogen and oxygen atoms in total. The van der Waals surface area contributed by atoms with Crippen LogP contribution < -0.4 is 9.62 Å². The van der Waals surface area contributed by atoms with Gasteiger partial charge < -0.3 is 14.6 Å². The minimum atomic E-state index is -3.75. The average molecular weight is 534 g/mol. The molecule has 0 bridgehead atoms. The van der Waals surface area contributed by atoms with Gasteiger partial charge in [-0.3, -0.25) is 9.10 Å². The van der Waals surface area contributed by atoms with E-state index in [0.29, 0.717) is 24.6 Å². The Morgan fingerprint density at radius 2 is 1.81 bits per heavy atom. The van der Waals surface area contributed by atoms with Gasteiger partial charge in [0.25, 0.3) is 0 Å². The number of aromatic nitrogens is 2. The van der Waals surface area contributed by atoms with E-state index in [2.05, 4.69) is 30.7 Å². The van der Waals surface area contributed by atoms with Gasteiger partial charge in [-0.25, -0.2) is 4.98 Å². The molecule has 1 aromatic carbocycles. The number of anilines is 1. The highest BCUT2D eigenvalue weighted by Gasteiger charge is 2.36. The van der Waals surface area contributed by atoms with Crippen LogP contribution in [0.2, 0.25) is 0 Å². The van der Waals surface area contributed by atoms with Gasteiger partial charge in [0.2, 0.25) is 5.91 Å². The summed E-state index contributed by atoms with van der Waals surface area (Å²) in [6, 6.07) is 5.54. The first kappa shape index (κ1) is 27.9. The first-order valence-corrected chi connectivity index (χ1v) is 14.7. The summed E-state index contributed by atoms with van der Waals surface area (Å²) in [5.74, 6) is 1.48. The zero-order chi connectivity index (χ0) is 27.2. The van der Waals surface area contributed by atoms with Crippen molar-refractivity contribution in [2.45, 2.75) is 78.8 Å². The number of hydrogen-bond donors (Lipinski definition) is 1. The van der Waals surface area contributed by atoms with Gasteiger partial charge >= 0.3 is 10.2 Å². The van der Waals surface area contributed by atoms with Crippen molar-refractivity contribution in [3.63, 3.8) is 0 Å². The van der Waals surface area contributed by atoms with Crippen molar-refractivity contribution in [3.05, 3.63) is 24.0 Å². The van der Waals surface area contributed by atoms with Crippen molar-refractivity contribution < 1.29 is 17.9 Å². The van der Waals surface area contributed by atoms with Crippen LogP contribution in [0, 0.1) is 11.3 Å². The van der Waals surface area contributed by atoms with Crippen LogP contribution >= 0.6 is 0 Å². The smallest absolute Gasteiger partial charge is 0.303 e. The van der Waals surface area contributed by atoms with Gasteiger partial charge in [-0.2, -0.15) is 12.7 Å². The number of fused-ring (bicyclic) bond motifs is 1. The summed E-state index contributed by atoms with van der Waals surface area (Å²) in [6.07, 6.45) is 2.67. The van der Waals surface area contributed by atoms with Gasteiger partial charge in [0.1, 0.15) is 5.82 Å². The summed E-state index contributed by atoms with van der Waals surface area (Å²) < 4.78 is 37.6. The fourth-order valence-electron chi connectivity index (χ4n) is 5.02. The van der Waals surface area contributed by atoms with Crippen molar-refractivity contribution in [3.8, 4) is 0 Å². The van der Waals surface area contributed by atoms with E-state index in [1.165, 1.54) is 8.61 Å². The van der Waals surface area contributed by atoms with E-state index in [4.69, 9.17) is 9.72 Å². The molecule has 2 aliphatic rings. The summed E-state index contributed by atoms with van der Waals surface area (Å²) in [6.45, 7) is 15.2. The largest absolute Gasteiger partial charge is 0.381 e. The lowest BCUT2D eigenvalue weighted by molar-refractivity contribution is -0.129. The monoisotopic (exact) mass is 533 g/mol. The highest BCUT2D eigenvalue weighted by atomic mass is 32.2. The third kappa shape index (κ3) is 5.96. The topological polar surface area (TPSA) is 96.8 Å². The van der Waals surface area contributed by atoms with Crippen molar-refractivity contribution in [1.82, 2.24) is 19.2 Å². The lowest BCUT2D eigenvalue weighted by Gasteiger charge is -2.27. The van der Waals surface area contributed by atoms with Gasteiger partial charge in [-0.1, -0.05) is 41.5 Å². The summed E-state index contributed by atoms with van der Waals surface area (Å²) in [4.78, 5) is 17.4. The molecule has 206 valence electrons. The van der Waals surface area contributed by atoms with E-state index < -0.39 is 15.6 Å². The van der Waals surface area contributed by atoms with E-state index >= 15 is 0 Å².